The number of ether oxygens (including phenoxy) is 1. The minimum Gasteiger partial charge on any atom is -0.497 e. The van der Waals surface area contributed by atoms with Crippen LogP contribution in [0.1, 0.15) is 24.8 Å². The third-order valence-corrected chi connectivity index (χ3v) is 4.40. The molecule has 118 valence electrons. The third kappa shape index (κ3) is 4.25. The van der Waals surface area contributed by atoms with Crippen LogP contribution < -0.4 is 4.74 Å². The van der Waals surface area contributed by atoms with Crippen molar-refractivity contribution in [2.75, 3.05) is 26.7 Å². The van der Waals surface area contributed by atoms with E-state index >= 15 is 0 Å². The maximum Gasteiger partial charge on any atom is 0.118 e. The van der Waals surface area contributed by atoms with Gasteiger partial charge in [-0.1, -0.05) is 50.2 Å². The van der Waals surface area contributed by atoms with Crippen molar-refractivity contribution in [3.05, 3.63) is 54.1 Å². The lowest BCUT2D eigenvalue weighted by Crippen LogP contribution is -2.26. The Hall–Kier alpha value is -1.51. The fourth-order valence-electron chi connectivity index (χ4n) is 2.48. The molecule has 0 amide bonds. The number of nitrogens with zero attached hydrogens (tertiary/aromatic N) is 1. The van der Waals surface area contributed by atoms with Gasteiger partial charge in [0.15, 0.2) is 0 Å². The molecule has 0 fully saturated rings. The van der Waals surface area contributed by atoms with Crippen LogP contribution in [-0.2, 0) is 0 Å². The van der Waals surface area contributed by atoms with Gasteiger partial charge >= 0.3 is 0 Å². The predicted molar refractivity (Wildman–Crippen MR) is 94.8 cm³/mol. The summed E-state index contributed by atoms with van der Waals surface area (Å²) in [6, 6.07) is 16.6. The summed E-state index contributed by atoms with van der Waals surface area (Å²) in [4.78, 5) is 2.34. The van der Waals surface area contributed by atoms with E-state index in [1.807, 2.05) is 12.1 Å². The number of rotatable bonds is 7. The van der Waals surface area contributed by atoms with Crippen LogP contribution in [0.15, 0.2) is 48.5 Å². The molecule has 1 unspecified atom stereocenters. The summed E-state index contributed by atoms with van der Waals surface area (Å²) in [7, 11) is 1.68. The third-order valence-electron chi connectivity index (χ3n) is 4.01. The highest BCUT2D eigenvalue weighted by Crippen LogP contribution is 2.26. The first-order chi connectivity index (χ1) is 10.7. The Bertz CT molecular complexity index is 561. The largest absolute Gasteiger partial charge is 0.497 e. The van der Waals surface area contributed by atoms with Crippen LogP contribution in [0.4, 0.5) is 0 Å². The second kappa shape index (κ2) is 8.21. The molecule has 0 saturated heterocycles. The summed E-state index contributed by atoms with van der Waals surface area (Å²) in [6.45, 7) is 7.28. The molecular weight excluding hydrogens is 294 g/mol. The summed E-state index contributed by atoms with van der Waals surface area (Å²) in [5, 5.41) is 0.0322. The van der Waals surface area contributed by atoms with Crippen molar-refractivity contribution in [3.8, 4) is 16.9 Å². The van der Waals surface area contributed by atoms with Crippen molar-refractivity contribution in [1.29, 1.82) is 0 Å². The van der Waals surface area contributed by atoms with E-state index in [9.17, 15) is 0 Å². The van der Waals surface area contributed by atoms with E-state index in [2.05, 4.69) is 55.1 Å². The van der Waals surface area contributed by atoms with Crippen LogP contribution in [-0.4, -0.2) is 31.6 Å². The van der Waals surface area contributed by atoms with Gasteiger partial charge in [0.1, 0.15) is 5.75 Å². The molecule has 2 nitrogen and oxygen atoms in total. The molecule has 2 aromatic rings. The summed E-state index contributed by atoms with van der Waals surface area (Å²) in [6.07, 6.45) is 0. The summed E-state index contributed by atoms with van der Waals surface area (Å²) in [5.41, 5.74) is 3.55. The molecule has 2 aromatic carbocycles. The van der Waals surface area contributed by atoms with Gasteiger partial charge in [0.2, 0.25) is 0 Å². The number of alkyl halides is 1. The van der Waals surface area contributed by atoms with Crippen LogP contribution >= 0.6 is 11.6 Å². The topological polar surface area (TPSA) is 12.5 Å². The zero-order chi connectivity index (χ0) is 15.9. The lowest BCUT2D eigenvalue weighted by atomic mass is 10.0. The molecule has 0 saturated carbocycles. The molecule has 0 bridgehead atoms. The highest BCUT2D eigenvalue weighted by molar-refractivity contribution is 6.21. The van der Waals surface area contributed by atoms with E-state index in [1.54, 1.807) is 7.11 Å². The smallest absolute Gasteiger partial charge is 0.118 e. The minimum absolute atomic E-state index is 0.0322. The number of hydrogen-bond acceptors (Lipinski definition) is 2. The number of hydrogen-bond donors (Lipinski definition) is 0. The van der Waals surface area contributed by atoms with E-state index in [1.165, 1.54) is 16.7 Å². The van der Waals surface area contributed by atoms with E-state index in [-0.39, 0.29) is 5.38 Å². The van der Waals surface area contributed by atoms with E-state index in [0.717, 1.165) is 25.4 Å². The molecule has 0 N–H and O–H groups in total. The van der Waals surface area contributed by atoms with Gasteiger partial charge in [0.05, 0.1) is 12.5 Å². The monoisotopic (exact) mass is 317 g/mol. The molecule has 22 heavy (non-hydrogen) atoms. The highest BCUT2D eigenvalue weighted by Gasteiger charge is 2.11. The van der Waals surface area contributed by atoms with Crippen molar-refractivity contribution in [2.45, 2.75) is 19.2 Å². The van der Waals surface area contributed by atoms with Gasteiger partial charge in [-0.2, -0.15) is 0 Å². The predicted octanol–water partition coefficient (Wildman–Crippen LogP) is 4.98. The van der Waals surface area contributed by atoms with Gasteiger partial charge in [-0.3, -0.25) is 0 Å². The van der Waals surface area contributed by atoms with Crippen LogP contribution in [0.25, 0.3) is 11.1 Å². The first-order valence-electron chi connectivity index (χ1n) is 7.78. The molecule has 1 atom stereocenters. The lowest BCUT2D eigenvalue weighted by Gasteiger charge is -2.21. The number of methoxy groups -OCH3 is 1. The molecule has 0 aliphatic carbocycles. The Labute approximate surface area is 138 Å². The molecule has 0 radical (unpaired) electrons. The van der Waals surface area contributed by atoms with Crippen molar-refractivity contribution in [2.24, 2.45) is 0 Å². The van der Waals surface area contributed by atoms with Crippen LogP contribution in [0.5, 0.6) is 5.75 Å². The van der Waals surface area contributed by atoms with Crippen molar-refractivity contribution in [3.63, 3.8) is 0 Å². The molecule has 3 heteroatoms. The van der Waals surface area contributed by atoms with Crippen molar-refractivity contribution in [1.82, 2.24) is 4.90 Å². The lowest BCUT2D eigenvalue weighted by molar-refractivity contribution is 0.304. The van der Waals surface area contributed by atoms with Gasteiger partial charge < -0.3 is 9.64 Å². The van der Waals surface area contributed by atoms with Gasteiger partial charge in [0.25, 0.3) is 0 Å². The molecular formula is C19H24ClNO. The van der Waals surface area contributed by atoms with Gasteiger partial charge in [-0.25, -0.2) is 0 Å². The molecule has 0 aromatic heterocycles. The number of likely N-dealkylation sites (N-methyl/N-ethyl adjacent to an activating group) is 1. The zero-order valence-electron chi connectivity index (χ0n) is 13.6. The van der Waals surface area contributed by atoms with Crippen LogP contribution in [0.3, 0.4) is 0 Å². The Morgan fingerprint density at radius 1 is 0.909 bits per heavy atom. The van der Waals surface area contributed by atoms with Gasteiger partial charge in [-0.15, -0.1) is 11.6 Å². The van der Waals surface area contributed by atoms with Crippen LogP contribution in [0, 0.1) is 0 Å². The Balaban J connectivity index is 2.08. The minimum atomic E-state index is 0.0322. The average molecular weight is 318 g/mol. The van der Waals surface area contributed by atoms with E-state index < -0.39 is 0 Å². The summed E-state index contributed by atoms with van der Waals surface area (Å²) in [5.74, 6) is 0.875. The Morgan fingerprint density at radius 2 is 1.41 bits per heavy atom. The molecule has 0 aliphatic heterocycles. The summed E-state index contributed by atoms with van der Waals surface area (Å²) >= 11 is 6.54. The fourth-order valence-corrected chi connectivity index (χ4v) is 2.82. The standard InChI is InChI=1S/C19H24ClNO/c1-4-21(5-2)14-19(20)17-8-6-15(7-9-17)16-10-12-18(22-3)13-11-16/h6-13,19H,4-5,14H2,1-3H3. The second-order valence-electron chi connectivity index (χ2n) is 5.30. The average Bonchev–Trinajstić information content (AvgIpc) is 2.59. The molecule has 0 spiro atoms. The Morgan fingerprint density at radius 3 is 1.86 bits per heavy atom. The molecule has 0 aliphatic rings. The first-order valence-corrected chi connectivity index (χ1v) is 8.22. The molecule has 2 rings (SSSR count). The first kappa shape index (κ1) is 16.9. The number of halogens is 1. The van der Waals surface area contributed by atoms with Gasteiger partial charge in [0, 0.05) is 6.54 Å². The summed E-state index contributed by atoms with van der Waals surface area (Å²) < 4.78 is 5.19. The van der Waals surface area contributed by atoms with Crippen molar-refractivity contribution < 1.29 is 4.74 Å². The van der Waals surface area contributed by atoms with Gasteiger partial charge in [-0.05, 0) is 41.9 Å². The van der Waals surface area contributed by atoms with Crippen molar-refractivity contribution >= 4 is 11.6 Å². The second-order valence-corrected chi connectivity index (χ2v) is 5.83. The highest BCUT2D eigenvalue weighted by atomic mass is 35.5. The Kier molecular flexibility index (Phi) is 6.29. The fraction of sp³-hybridized carbons (Fsp3) is 0.368. The maximum absolute atomic E-state index is 6.54. The van der Waals surface area contributed by atoms with Crippen LogP contribution in [0.2, 0.25) is 0 Å². The SMILES string of the molecule is CCN(CC)CC(Cl)c1ccc(-c2ccc(OC)cc2)cc1. The van der Waals surface area contributed by atoms with E-state index in [0.29, 0.717) is 0 Å². The number of benzene rings is 2. The molecule has 0 heterocycles. The maximum atomic E-state index is 6.54. The quantitative estimate of drug-likeness (QED) is 0.667. The normalized spacial score (nSPS) is 12.4. The zero-order valence-corrected chi connectivity index (χ0v) is 14.3. The van der Waals surface area contributed by atoms with E-state index in [4.69, 9.17) is 16.3 Å².